The second-order valence-corrected chi connectivity index (χ2v) is 8.50. The van der Waals surface area contributed by atoms with Gasteiger partial charge in [0.25, 0.3) is 0 Å². The van der Waals surface area contributed by atoms with Crippen molar-refractivity contribution in [3.8, 4) is 0 Å². The molecule has 2 aromatic carbocycles. The summed E-state index contributed by atoms with van der Waals surface area (Å²) in [6.45, 7) is 4.31. The number of halogens is 1. The Morgan fingerprint density at radius 1 is 1.15 bits per heavy atom. The molecule has 0 aromatic heterocycles. The zero-order valence-corrected chi connectivity index (χ0v) is 16.2. The average molecular weight is 389 g/mol. The smallest absolute Gasteiger partial charge is 0.194 e. The van der Waals surface area contributed by atoms with E-state index in [0.717, 1.165) is 25.6 Å². The van der Waals surface area contributed by atoms with Crippen molar-refractivity contribution in [3.63, 3.8) is 0 Å². The number of fused-ring (bicyclic) bond motifs is 1. The van der Waals surface area contributed by atoms with Gasteiger partial charge in [-0.2, -0.15) is 0 Å². The van der Waals surface area contributed by atoms with Gasteiger partial charge in [0.2, 0.25) is 0 Å². The van der Waals surface area contributed by atoms with E-state index < -0.39 is 15.7 Å². The summed E-state index contributed by atoms with van der Waals surface area (Å²) in [5, 5.41) is 3.23. The molecule has 27 heavy (non-hydrogen) atoms. The van der Waals surface area contributed by atoms with Crippen molar-refractivity contribution in [2.75, 3.05) is 25.4 Å². The molecule has 0 saturated carbocycles. The van der Waals surface area contributed by atoms with E-state index in [1.807, 2.05) is 19.1 Å². The van der Waals surface area contributed by atoms with E-state index in [2.05, 4.69) is 27.3 Å². The normalized spacial score (nSPS) is 14.7. The Bertz CT molecular complexity index is 928. The highest BCUT2D eigenvalue weighted by Crippen LogP contribution is 2.19. The predicted molar refractivity (Wildman–Crippen MR) is 105 cm³/mol. The molecule has 1 heterocycles. The minimum atomic E-state index is -3.71. The van der Waals surface area contributed by atoms with Gasteiger partial charge in [0, 0.05) is 19.6 Å². The quantitative estimate of drug-likeness (QED) is 0.631. The number of sulfone groups is 1. The lowest BCUT2D eigenvalue weighted by Gasteiger charge is -2.31. The Labute approximate surface area is 159 Å². The van der Waals surface area contributed by atoms with Crippen LogP contribution >= 0.6 is 0 Å². The summed E-state index contributed by atoms with van der Waals surface area (Å²) in [6, 6.07) is 13.8. The third-order valence-corrected chi connectivity index (χ3v) is 6.28. The predicted octanol–water partition coefficient (Wildman–Crippen LogP) is 2.62. The molecule has 7 heteroatoms. The van der Waals surface area contributed by atoms with Crippen molar-refractivity contribution in [1.29, 1.82) is 0 Å². The van der Waals surface area contributed by atoms with Crippen LogP contribution in [0.5, 0.6) is 0 Å². The number of hydrogen-bond acceptors (Lipinski definition) is 3. The SMILES string of the molecule is CCNC(=NCCS(=O)(=O)c1ccccc1F)N1CCc2ccccc2C1. The minimum Gasteiger partial charge on any atom is -0.357 e. The Hall–Kier alpha value is -2.41. The Kier molecular flexibility index (Phi) is 6.11. The largest absolute Gasteiger partial charge is 0.357 e. The summed E-state index contributed by atoms with van der Waals surface area (Å²) in [6.07, 6.45) is 0.925. The number of aliphatic imine (C=N–C) groups is 1. The average Bonchev–Trinajstić information content (AvgIpc) is 2.67. The highest BCUT2D eigenvalue weighted by molar-refractivity contribution is 7.91. The molecule has 2 aromatic rings. The van der Waals surface area contributed by atoms with Gasteiger partial charge in [0.15, 0.2) is 15.8 Å². The molecule has 1 N–H and O–H groups in total. The summed E-state index contributed by atoms with van der Waals surface area (Å²) in [5.74, 6) is -0.260. The van der Waals surface area contributed by atoms with Crippen LogP contribution in [0.1, 0.15) is 18.1 Å². The van der Waals surface area contributed by atoms with Crippen molar-refractivity contribution < 1.29 is 12.8 Å². The lowest BCUT2D eigenvalue weighted by molar-refractivity contribution is 0.379. The molecule has 0 saturated heterocycles. The molecule has 0 unspecified atom stereocenters. The van der Waals surface area contributed by atoms with Crippen molar-refractivity contribution >= 4 is 15.8 Å². The van der Waals surface area contributed by atoms with Gasteiger partial charge in [0.1, 0.15) is 10.7 Å². The van der Waals surface area contributed by atoms with E-state index in [9.17, 15) is 12.8 Å². The zero-order chi connectivity index (χ0) is 19.3. The molecule has 1 aliphatic rings. The molecule has 0 radical (unpaired) electrons. The maximum absolute atomic E-state index is 13.8. The van der Waals surface area contributed by atoms with Gasteiger partial charge >= 0.3 is 0 Å². The molecule has 1 aliphatic heterocycles. The highest BCUT2D eigenvalue weighted by atomic mass is 32.2. The molecule has 5 nitrogen and oxygen atoms in total. The van der Waals surface area contributed by atoms with Crippen LogP contribution in [-0.2, 0) is 22.8 Å². The number of guanidine groups is 1. The van der Waals surface area contributed by atoms with Crippen LogP contribution in [0.15, 0.2) is 58.4 Å². The molecular formula is C20H24FN3O2S. The van der Waals surface area contributed by atoms with Crippen molar-refractivity contribution in [3.05, 3.63) is 65.5 Å². The fourth-order valence-electron chi connectivity index (χ4n) is 3.18. The molecule has 0 aliphatic carbocycles. The maximum atomic E-state index is 13.8. The van der Waals surface area contributed by atoms with Gasteiger partial charge in [-0.1, -0.05) is 36.4 Å². The summed E-state index contributed by atoms with van der Waals surface area (Å²) >= 11 is 0. The van der Waals surface area contributed by atoms with Crippen LogP contribution in [0.25, 0.3) is 0 Å². The van der Waals surface area contributed by atoms with Crippen LogP contribution in [-0.4, -0.2) is 44.7 Å². The fourth-order valence-corrected chi connectivity index (χ4v) is 4.38. The summed E-state index contributed by atoms with van der Waals surface area (Å²) in [7, 11) is -3.71. The minimum absolute atomic E-state index is 0.0805. The molecule has 3 rings (SSSR count). The number of nitrogens with zero attached hydrogens (tertiary/aromatic N) is 2. The van der Waals surface area contributed by atoms with Gasteiger partial charge in [-0.05, 0) is 36.6 Å². The molecule has 0 bridgehead atoms. The monoisotopic (exact) mass is 389 g/mol. The molecule has 0 fully saturated rings. The Morgan fingerprint density at radius 2 is 1.85 bits per heavy atom. The number of hydrogen-bond donors (Lipinski definition) is 1. The molecular weight excluding hydrogens is 365 g/mol. The Balaban J connectivity index is 1.71. The van der Waals surface area contributed by atoms with Crippen LogP contribution in [0.2, 0.25) is 0 Å². The molecule has 0 amide bonds. The first kappa shape index (κ1) is 19.4. The topological polar surface area (TPSA) is 61.8 Å². The van der Waals surface area contributed by atoms with Crippen LogP contribution in [0, 0.1) is 5.82 Å². The van der Waals surface area contributed by atoms with Crippen molar-refractivity contribution in [1.82, 2.24) is 10.2 Å². The van der Waals surface area contributed by atoms with Crippen molar-refractivity contribution in [2.45, 2.75) is 24.8 Å². The van der Waals surface area contributed by atoms with Gasteiger partial charge in [-0.15, -0.1) is 0 Å². The first-order valence-corrected chi connectivity index (χ1v) is 10.7. The number of rotatable bonds is 5. The van der Waals surface area contributed by atoms with E-state index >= 15 is 0 Å². The standard InChI is InChI=1S/C20H24FN3O2S/c1-2-22-20(24-13-11-16-7-3-4-8-17(16)15-24)23-12-14-27(25,26)19-10-6-5-9-18(19)21/h3-10H,2,11-15H2,1H3,(H,22,23). The second kappa shape index (κ2) is 8.52. The van der Waals surface area contributed by atoms with Crippen molar-refractivity contribution in [2.24, 2.45) is 4.99 Å². The molecule has 0 atom stereocenters. The third kappa shape index (κ3) is 4.66. The highest BCUT2D eigenvalue weighted by Gasteiger charge is 2.20. The first-order chi connectivity index (χ1) is 13.0. The lowest BCUT2D eigenvalue weighted by Crippen LogP contribution is -2.44. The van der Waals surface area contributed by atoms with Gasteiger partial charge < -0.3 is 10.2 Å². The van der Waals surface area contributed by atoms with Crippen LogP contribution in [0.4, 0.5) is 4.39 Å². The van der Waals surface area contributed by atoms with E-state index in [0.29, 0.717) is 12.5 Å². The first-order valence-electron chi connectivity index (χ1n) is 9.08. The Morgan fingerprint density at radius 3 is 2.59 bits per heavy atom. The maximum Gasteiger partial charge on any atom is 0.194 e. The lowest BCUT2D eigenvalue weighted by atomic mass is 10.0. The summed E-state index contributed by atoms with van der Waals surface area (Å²) in [4.78, 5) is 6.34. The van der Waals surface area contributed by atoms with E-state index in [1.165, 1.54) is 29.3 Å². The molecule has 0 spiro atoms. The third-order valence-electron chi connectivity index (χ3n) is 4.56. The number of benzene rings is 2. The van der Waals surface area contributed by atoms with E-state index in [4.69, 9.17) is 0 Å². The fraction of sp³-hybridized carbons (Fsp3) is 0.350. The second-order valence-electron chi connectivity index (χ2n) is 6.43. The van der Waals surface area contributed by atoms with E-state index in [-0.39, 0.29) is 17.2 Å². The van der Waals surface area contributed by atoms with Gasteiger partial charge in [-0.25, -0.2) is 12.8 Å². The van der Waals surface area contributed by atoms with Gasteiger partial charge in [-0.3, -0.25) is 4.99 Å². The zero-order valence-electron chi connectivity index (χ0n) is 15.4. The van der Waals surface area contributed by atoms with Crippen LogP contribution < -0.4 is 5.32 Å². The van der Waals surface area contributed by atoms with Crippen LogP contribution in [0.3, 0.4) is 0 Å². The van der Waals surface area contributed by atoms with Gasteiger partial charge in [0.05, 0.1) is 12.3 Å². The summed E-state index contributed by atoms with van der Waals surface area (Å²) < 4.78 is 38.6. The summed E-state index contributed by atoms with van der Waals surface area (Å²) in [5.41, 5.74) is 2.60. The van der Waals surface area contributed by atoms with E-state index in [1.54, 1.807) is 0 Å². The molecule has 144 valence electrons. The number of nitrogens with one attached hydrogen (secondary N) is 1.